The Balaban J connectivity index is 1.52. The molecule has 120 valence electrons. The normalized spacial score (nSPS) is 31.1. The highest BCUT2D eigenvalue weighted by molar-refractivity contribution is 7.99. The van der Waals surface area contributed by atoms with Gasteiger partial charge in [0.25, 0.3) is 0 Å². The monoisotopic (exact) mass is 321 g/mol. The minimum absolute atomic E-state index is 0.0987. The van der Waals surface area contributed by atoms with Crippen LogP contribution in [0.5, 0.6) is 0 Å². The molecule has 0 radical (unpaired) electrons. The van der Waals surface area contributed by atoms with Crippen molar-refractivity contribution in [2.24, 2.45) is 4.99 Å². The maximum Gasteiger partial charge on any atom is 0.191 e. The number of benzene rings is 1. The highest BCUT2D eigenvalue weighted by Gasteiger charge is 2.40. The standard InChI is InChI=1S/C17H24FN3S/c1-19-17(20-11-7-8-12(9-11)22-2)21-16-10-14(16)13-5-3-4-6-15(13)18/h3-6,11-12,14,16H,7-10H2,1-2H3,(H2,19,20,21). The summed E-state index contributed by atoms with van der Waals surface area (Å²) < 4.78 is 13.8. The van der Waals surface area contributed by atoms with Gasteiger partial charge in [-0.25, -0.2) is 4.39 Å². The van der Waals surface area contributed by atoms with E-state index in [-0.39, 0.29) is 11.7 Å². The van der Waals surface area contributed by atoms with Crippen molar-refractivity contribution in [2.75, 3.05) is 13.3 Å². The third-order valence-corrected chi connectivity index (χ3v) is 5.79. The molecule has 0 amide bonds. The van der Waals surface area contributed by atoms with E-state index >= 15 is 0 Å². The number of aliphatic imine (C=N–C) groups is 1. The summed E-state index contributed by atoms with van der Waals surface area (Å²) in [6, 6.07) is 7.88. The largest absolute Gasteiger partial charge is 0.354 e. The SMILES string of the molecule is CN=C(NC1CCC(SC)C1)NC1CC1c1ccccc1F. The maximum atomic E-state index is 13.8. The molecule has 0 bridgehead atoms. The first kappa shape index (κ1) is 15.7. The van der Waals surface area contributed by atoms with Crippen LogP contribution < -0.4 is 10.6 Å². The lowest BCUT2D eigenvalue weighted by atomic mass is 10.1. The zero-order valence-electron chi connectivity index (χ0n) is 13.2. The van der Waals surface area contributed by atoms with E-state index in [2.05, 4.69) is 21.9 Å². The van der Waals surface area contributed by atoms with Crippen molar-refractivity contribution in [2.45, 2.75) is 48.9 Å². The molecule has 0 aliphatic heterocycles. The van der Waals surface area contributed by atoms with E-state index in [4.69, 9.17) is 0 Å². The average molecular weight is 321 g/mol. The molecular formula is C17H24FN3S. The molecule has 0 saturated heterocycles. The lowest BCUT2D eigenvalue weighted by Gasteiger charge is -2.17. The van der Waals surface area contributed by atoms with Crippen molar-refractivity contribution in [3.63, 3.8) is 0 Å². The van der Waals surface area contributed by atoms with Crippen LogP contribution in [0.2, 0.25) is 0 Å². The lowest BCUT2D eigenvalue weighted by molar-refractivity contribution is 0.602. The molecule has 5 heteroatoms. The van der Waals surface area contributed by atoms with Crippen molar-refractivity contribution >= 4 is 17.7 Å². The van der Waals surface area contributed by atoms with Crippen LogP contribution in [0.15, 0.2) is 29.3 Å². The van der Waals surface area contributed by atoms with Crippen molar-refractivity contribution in [1.29, 1.82) is 0 Å². The zero-order valence-corrected chi connectivity index (χ0v) is 14.0. The third-order valence-electron chi connectivity index (χ3n) is 4.70. The zero-order chi connectivity index (χ0) is 15.5. The van der Waals surface area contributed by atoms with Gasteiger partial charge < -0.3 is 10.6 Å². The smallest absolute Gasteiger partial charge is 0.191 e. The van der Waals surface area contributed by atoms with Gasteiger partial charge in [0.15, 0.2) is 5.96 Å². The van der Waals surface area contributed by atoms with Crippen LogP contribution in [0, 0.1) is 5.82 Å². The molecule has 1 aromatic rings. The van der Waals surface area contributed by atoms with E-state index in [9.17, 15) is 4.39 Å². The fourth-order valence-electron chi connectivity index (χ4n) is 3.30. The van der Waals surface area contributed by atoms with Gasteiger partial charge in [0.05, 0.1) is 0 Å². The number of nitrogens with one attached hydrogen (secondary N) is 2. The summed E-state index contributed by atoms with van der Waals surface area (Å²) in [5.41, 5.74) is 0.818. The first-order chi connectivity index (χ1) is 10.7. The third kappa shape index (κ3) is 3.57. The Labute approximate surface area is 136 Å². The second-order valence-electron chi connectivity index (χ2n) is 6.20. The minimum atomic E-state index is -0.0987. The molecule has 4 atom stereocenters. The van der Waals surface area contributed by atoms with Crippen LogP contribution in [0.4, 0.5) is 4.39 Å². The highest BCUT2D eigenvalue weighted by atomic mass is 32.2. The predicted octanol–water partition coefficient (Wildman–Crippen LogP) is 3.13. The minimum Gasteiger partial charge on any atom is -0.354 e. The molecular weight excluding hydrogens is 297 g/mol. The number of rotatable bonds is 4. The van der Waals surface area contributed by atoms with Gasteiger partial charge >= 0.3 is 0 Å². The maximum absolute atomic E-state index is 13.8. The van der Waals surface area contributed by atoms with E-state index in [0.29, 0.717) is 12.1 Å². The predicted molar refractivity (Wildman–Crippen MR) is 92.1 cm³/mol. The summed E-state index contributed by atoms with van der Waals surface area (Å²) in [6.45, 7) is 0. The molecule has 22 heavy (non-hydrogen) atoms. The molecule has 3 rings (SSSR count). The molecule has 4 unspecified atom stereocenters. The van der Waals surface area contributed by atoms with Crippen LogP contribution in [0.25, 0.3) is 0 Å². The van der Waals surface area contributed by atoms with Crippen molar-refractivity contribution < 1.29 is 4.39 Å². The Morgan fingerprint density at radius 3 is 2.73 bits per heavy atom. The van der Waals surface area contributed by atoms with Gasteiger partial charge in [0, 0.05) is 30.3 Å². The van der Waals surface area contributed by atoms with Crippen LogP contribution in [0.1, 0.15) is 37.2 Å². The molecule has 3 nitrogen and oxygen atoms in total. The number of nitrogens with zero attached hydrogens (tertiary/aromatic N) is 1. The number of thioether (sulfide) groups is 1. The summed E-state index contributed by atoms with van der Waals surface area (Å²) >= 11 is 1.95. The molecule has 0 aromatic heterocycles. The van der Waals surface area contributed by atoms with E-state index in [0.717, 1.165) is 23.2 Å². The first-order valence-electron chi connectivity index (χ1n) is 7.98. The van der Waals surface area contributed by atoms with E-state index < -0.39 is 0 Å². The van der Waals surface area contributed by atoms with E-state index in [1.54, 1.807) is 19.2 Å². The van der Waals surface area contributed by atoms with Crippen LogP contribution in [-0.4, -0.2) is 36.6 Å². The molecule has 0 spiro atoms. The number of hydrogen-bond donors (Lipinski definition) is 2. The van der Waals surface area contributed by atoms with Gasteiger partial charge in [-0.2, -0.15) is 11.8 Å². The molecule has 2 aliphatic rings. The molecule has 2 saturated carbocycles. The van der Waals surface area contributed by atoms with Gasteiger partial charge in [0.2, 0.25) is 0 Å². The molecule has 2 fully saturated rings. The first-order valence-corrected chi connectivity index (χ1v) is 9.27. The van der Waals surface area contributed by atoms with Crippen molar-refractivity contribution in [1.82, 2.24) is 10.6 Å². The molecule has 2 aliphatic carbocycles. The number of halogens is 1. The Hall–Kier alpha value is -1.23. The summed E-state index contributed by atoms with van der Waals surface area (Å²) in [5.74, 6) is 1.02. The van der Waals surface area contributed by atoms with E-state index in [1.807, 2.05) is 23.9 Å². The number of guanidine groups is 1. The van der Waals surface area contributed by atoms with Crippen LogP contribution >= 0.6 is 11.8 Å². The Morgan fingerprint density at radius 2 is 2.05 bits per heavy atom. The lowest BCUT2D eigenvalue weighted by Crippen LogP contribution is -2.43. The topological polar surface area (TPSA) is 36.4 Å². The van der Waals surface area contributed by atoms with Crippen molar-refractivity contribution in [3.8, 4) is 0 Å². The van der Waals surface area contributed by atoms with Gasteiger partial charge in [0.1, 0.15) is 5.82 Å². The molecule has 1 aromatic carbocycles. The van der Waals surface area contributed by atoms with Crippen LogP contribution in [-0.2, 0) is 0 Å². The van der Waals surface area contributed by atoms with Crippen molar-refractivity contribution in [3.05, 3.63) is 35.6 Å². The quantitative estimate of drug-likeness (QED) is 0.661. The Morgan fingerprint density at radius 1 is 1.23 bits per heavy atom. The summed E-state index contributed by atoms with van der Waals surface area (Å²) in [4.78, 5) is 4.33. The second kappa shape index (κ2) is 6.90. The molecule has 0 heterocycles. The molecule has 2 N–H and O–H groups in total. The number of hydrogen-bond acceptors (Lipinski definition) is 2. The van der Waals surface area contributed by atoms with Gasteiger partial charge in [-0.3, -0.25) is 4.99 Å². The van der Waals surface area contributed by atoms with Gasteiger partial charge in [-0.05, 0) is 43.6 Å². The summed E-state index contributed by atoms with van der Waals surface area (Å²) in [7, 11) is 1.80. The fourth-order valence-corrected chi connectivity index (χ4v) is 4.10. The van der Waals surface area contributed by atoms with Gasteiger partial charge in [-0.15, -0.1) is 0 Å². The second-order valence-corrected chi connectivity index (χ2v) is 7.34. The fraction of sp³-hybridized carbons (Fsp3) is 0.588. The van der Waals surface area contributed by atoms with E-state index in [1.165, 1.54) is 19.3 Å². The average Bonchev–Trinajstić information content (AvgIpc) is 3.13. The van der Waals surface area contributed by atoms with Gasteiger partial charge in [-0.1, -0.05) is 18.2 Å². The Kier molecular flexibility index (Phi) is 4.91. The summed E-state index contributed by atoms with van der Waals surface area (Å²) in [5, 5.41) is 7.73. The highest BCUT2D eigenvalue weighted by Crippen LogP contribution is 2.41. The summed E-state index contributed by atoms with van der Waals surface area (Å²) in [6.07, 6.45) is 6.83. The Bertz CT molecular complexity index is 548. The van der Waals surface area contributed by atoms with Crippen LogP contribution in [0.3, 0.4) is 0 Å².